The average molecular weight is 536 g/mol. The van der Waals surface area contributed by atoms with Gasteiger partial charge in [0.15, 0.2) is 0 Å². The van der Waals surface area contributed by atoms with Gasteiger partial charge in [0.05, 0.1) is 16.1 Å². The molecule has 3 heterocycles. The van der Waals surface area contributed by atoms with E-state index in [2.05, 4.69) is 29.2 Å². The molecule has 3 aromatic carbocycles. The van der Waals surface area contributed by atoms with Crippen LogP contribution in [0.1, 0.15) is 61.3 Å². The molecule has 0 atom stereocenters. The molecule has 0 saturated carbocycles. The molecule has 0 aliphatic carbocycles. The molecule has 2 aliphatic heterocycles. The number of hydrogen-bond donors (Lipinski definition) is 0. The average Bonchev–Trinajstić information content (AvgIpc) is 3.42. The second-order valence-electron chi connectivity index (χ2n) is 9.77. The number of thiazole rings is 1. The fourth-order valence-corrected chi connectivity index (χ4v) is 6.49. The summed E-state index contributed by atoms with van der Waals surface area (Å²) in [6, 6.07) is 17.2. The van der Waals surface area contributed by atoms with Crippen LogP contribution in [0.2, 0.25) is 0 Å². The summed E-state index contributed by atoms with van der Waals surface area (Å²) in [4.78, 5) is 34.2. The van der Waals surface area contributed by atoms with Gasteiger partial charge in [-0.25, -0.2) is 4.98 Å². The van der Waals surface area contributed by atoms with E-state index >= 15 is 0 Å². The van der Waals surface area contributed by atoms with E-state index in [4.69, 9.17) is 0 Å². The maximum absolute atomic E-state index is 13.4. The molecule has 0 radical (unpaired) electrons. The number of hydrogen-bond acceptors (Lipinski definition) is 4. The Kier molecular flexibility index (Phi) is 6.18. The summed E-state index contributed by atoms with van der Waals surface area (Å²) in [5.74, 6) is -0.665. The first-order valence-corrected chi connectivity index (χ1v) is 13.4. The number of carbonyl (C=O) groups excluding carboxylic acids is 2. The Morgan fingerprint density at radius 2 is 1.50 bits per heavy atom. The number of carbonyl (C=O) groups is 2. The van der Waals surface area contributed by atoms with Crippen molar-refractivity contribution in [1.82, 2.24) is 14.8 Å². The minimum absolute atomic E-state index is 0.0549. The van der Waals surface area contributed by atoms with Crippen LogP contribution in [0.4, 0.5) is 13.2 Å². The standard InChI is InChI=1S/C29H24F3N3O2S/c30-29(31,32)23-10-2-1-9-22(23)27(36)34-13-11-19(12-14-34)26-33-24(17-38-26)28(37)35-15-20-7-3-5-18-6-4-8-21(16-35)25(18)20/h1-10,17,19H,11-16H2. The van der Waals surface area contributed by atoms with E-state index < -0.39 is 17.6 Å². The van der Waals surface area contributed by atoms with Crippen molar-refractivity contribution in [2.45, 2.75) is 38.0 Å². The van der Waals surface area contributed by atoms with Crippen molar-refractivity contribution in [1.29, 1.82) is 0 Å². The number of likely N-dealkylation sites (tertiary alicyclic amines) is 1. The molecule has 1 fully saturated rings. The van der Waals surface area contributed by atoms with Crippen LogP contribution in [-0.4, -0.2) is 39.7 Å². The Morgan fingerprint density at radius 3 is 2.16 bits per heavy atom. The number of benzene rings is 3. The van der Waals surface area contributed by atoms with E-state index in [1.165, 1.54) is 45.2 Å². The molecule has 0 N–H and O–H groups in total. The maximum Gasteiger partial charge on any atom is 0.417 e. The number of nitrogens with zero attached hydrogens (tertiary/aromatic N) is 3. The molecule has 194 valence electrons. The molecule has 2 amide bonds. The van der Waals surface area contributed by atoms with E-state index in [-0.39, 0.29) is 17.4 Å². The molecule has 0 unspecified atom stereocenters. The van der Waals surface area contributed by atoms with Gasteiger partial charge < -0.3 is 9.80 Å². The van der Waals surface area contributed by atoms with Crippen LogP contribution < -0.4 is 0 Å². The number of aromatic nitrogens is 1. The van der Waals surface area contributed by atoms with E-state index in [1.54, 1.807) is 5.38 Å². The first kappa shape index (κ1) is 24.6. The highest BCUT2D eigenvalue weighted by molar-refractivity contribution is 7.09. The lowest BCUT2D eigenvalue weighted by Gasteiger charge is -2.31. The zero-order valence-electron chi connectivity index (χ0n) is 20.4. The van der Waals surface area contributed by atoms with Crippen LogP contribution in [0.5, 0.6) is 0 Å². The molecular formula is C29H24F3N3O2S. The topological polar surface area (TPSA) is 53.5 Å². The lowest BCUT2D eigenvalue weighted by atomic mass is 9.95. The van der Waals surface area contributed by atoms with Crippen LogP contribution in [0, 0.1) is 0 Å². The lowest BCUT2D eigenvalue weighted by molar-refractivity contribution is -0.138. The van der Waals surface area contributed by atoms with Crippen LogP contribution in [0.25, 0.3) is 10.8 Å². The van der Waals surface area contributed by atoms with Crippen molar-refractivity contribution < 1.29 is 22.8 Å². The highest BCUT2D eigenvalue weighted by atomic mass is 32.1. The molecule has 4 aromatic rings. The first-order chi connectivity index (χ1) is 18.3. The fraction of sp³-hybridized carbons (Fsp3) is 0.276. The van der Waals surface area contributed by atoms with E-state index in [1.807, 2.05) is 17.0 Å². The van der Waals surface area contributed by atoms with Gasteiger partial charge in [0, 0.05) is 37.5 Å². The number of alkyl halides is 3. The molecule has 5 nitrogen and oxygen atoms in total. The molecule has 38 heavy (non-hydrogen) atoms. The molecule has 2 aliphatic rings. The van der Waals surface area contributed by atoms with Gasteiger partial charge >= 0.3 is 6.18 Å². The summed E-state index contributed by atoms with van der Waals surface area (Å²) in [7, 11) is 0. The van der Waals surface area contributed by atoms with Gasteiger partial charge in [-0.2, -0.15) is 13.2 Å². The quantitative estimate of drug-likeness (QED) is 0.301. The molecule has 1 aromatic heterocycles. The molecule has 0 bridgehead atoms. The second kappa shape index (κ2) is 9.54. The van der Waals surface area contributed by atoms with Crippen molar-refractivity contribution in [2.24, 2.45) is 0 Å². The Labute approximate surface area is 221 Å². The zero-order chi connectivity index (χ0) is 26.4. The van der Waals surface area contributed by atoms with Gasteiger partial charge in [-0.05, 0) is 46.9 Å². The van der Waals surface area contributed by atoms with Crippen molar-refractivity contribution in [3.8, 4) is 0 Å². The lowest BCUT2D eigenvalue weighted by Crippen LogP contribution is -2.38. The monoisotopic (exact) mass is 535 g/mol. The Morgan fingerprint density at radius 1 is 0.842 bits per heavy atom. The molecule has 9 heteroatoms. The Balaban J connectivity index is 1.12. The molecule has 6 rings (SSSR count). The highest BCUT2D eigenvalue weighted by Gasteiger charge is 2.37. The van der Waals surface area contributed by atoms with Gasteiger partial charge in [-0.3, -0.25) is 9.59 Å². The number of piperidine rings is 1. The van der Waals surface area contributed by atoms with Gasteiger partial charge in [0.2, 0.25) is 0 Å². The van der Waals surface area contributed by atoms with Gasteiger partial charge in [-0.15, -0.1) is 11.3 Å². The van der Waals surface area contributed by atoms with Crippen molar-refractivity contribution in [3.05, 3.63) is 99.0 Å². The third-order valence-corrected chi connectivity index (χ3v) is 8.43. The fourth-order valence-electron chi connectivity index (χ4n) is 5.53. The predicted octanol–water partition coefficient (Wildman–Crippen LogP) is 6.49. The summed E-state index contributed by atoms with van der Waals surface area (Å²) < 4.78 is 40.1. The Bertz CT molecular complexity index is 1500. The summed E-state index contributed by atoms with van der Waals surface area (Å²) in [5, 5.41) is 5.01. The highest BCUT2D eigenvalue weighted by Crippen LogP contribution is 2.35. The summed E-state index contributed by atoms with van der Waals surface area (Å²) >= 11 is 1.43. The number of amides is 2. The van der Waals surface area contributed by atoms with Crippen LogP contribution in [-0.2, 0) is 19.3 Å². The van der Waals surface area contributed by atoms with E-state index in [9.17, 15) is 22.8 Å². The summed E-state index contributed by atoms with van der Waals surface area (Å²) in [5.41, 5.74) is 1.43. The van der Waals surface area contributed by atoms with Crippen molar-refractivity contribution in [2.75, 3.05) is 13.1 Å². The van der Waals surface area contributed by atoms with Crippen molar-refractivity contribution >= 4 is 33.9 Å². The molecular weight excluding hydrogens is 511 g/mol. The van der Waals surface area contributed by atoms with Gasteiger partial charge in [0.1, 0.15) is 5.69 Å². The Hall–Kier alpha value is -3.72. The molecule has 1 saturated heterocycles. The van der Waals surface area contributed by atoms with Gasteiger partial charge in [-0.1, -0.05) is 48.5 Å². The normalized spacial score (nSPS) is 16.2. The predicted molar refractivity (Wildman–Crippen MR) is 139 cm³/mol. The SMILES string of the molecule is O=C(c1csc(C2CCN(C(=O)c3ccccc3C(F)(F)F)CC2)n1)N1Cc2cccc3cccc(c23)C1. The third kappa shape index (κ3) is 4.45. The van der Waals surface area contributed by atoms with Gasteiger partial charge in [0.25, 0.3) is 11.8 Å². The van der Waals surface area contributed by atoms with Crippen LogP contribution in [0.15, 0.2) is 66.0 Å². The maximum atomic E-state index is 13.4. The largest absolute Gasteiger partial charge is 0.417 e. The third-order valence-electron chi connectivity index (χ3n) is 7.42. The first-order valence-electron chi connectivity index (χ1n) is 12.5. The minimum Gasteiger partial charge on any atom is -0.339 e. The minimum atomic E-state index is -4.59. The van der Waals surface area contributed by atoms with Crippen LogP contribution >= 0.6 is 11.3 Å². The van der Waals surface area contributed by atoms with E-state index in [0.29, 0.717) is 44.7 Å². The summed E-state index contributed by atoms with van der Waals surface area (Å²) in [6.07, 6.45) is -3.42. The smallest absolute Gasteiger partial charge is 0.339 e. The zero-order valence-corrected chi connectivity index (χ0v) is 21.2. The number of halogens is 3. The van der Waals surface area contributed by atoms with E-state index in [0.717, 1.165) is 22.2 Å². The number of rotatable bonds is 3. The molecule has 0 spiro atoms. The van der Waals surface area contributed by atoms with Crippen LogP contribution in [0.3, 0.4) is 0 Å². The second-order valence-corrected chi connectivity index (χ2v) is 10.7. The van der Waals surface area contributed by atoms with Crippen molar-refractivity contribution in [3.63, 3.8) is 0 Å². The summed E-state index contributed by atoms with van der Waals surface area (Å²) in [6.45, 7) is 1.73.